The molecule has 0 saturated heterocycles. The lowest BCUT2D eigenvalue weighted by Gasteiger charge is -2.13. The van der Waals surface area contributed by atoms with E-state index >= 15 is 0 Å². The topological polar surface area (TPSA) is 42.0 Å². The predicted octanol–water partition coefficient (Wildman–Crippen LogP) is 3.66. The van der Waals surface area contributed by atoms with Gasteiger partial charge in [-0.05, 0) is 42.7 Å². The second-order valence-electron chi connectivity index (χ2n) is 4.97. The van der Waals surface area contributed by atoms with Crippen molar-refractivity contribution in [3.05, 3.63) is 55.9 Å². The molecule has 1 aliphatic heterocycles. The summed E-state index contributed by atoms with van der Waals surface area (Å²) >= 11 is 3.39. The van der Waals surface area contributed by atoms with Crippen molar-refractivity contribution in [2.24, 2.45) is 0 Å². The summed E-state index contributed by atoms with van der Waals surface area (Å²) in [5.74, 6) is 0.885. The molecule has 2 aromatic heterocycles. The Morgan fingerprint density at radius 2 is 2.29 bits per heavy atom. The lowest BCUT2D eigenvalue weighted by atomic mass is 10.1. The minimum atomic E-state index is -0.00166. The fourth-order valence-electron chi connectivity index (χ4n) is 2.21. The second kappa shape index (κ2) is 6.03. The fraction of sp³-hybridized carbons (Fsp3) is 0.250. The Kier molecular flexibility index (Phi) is 4.12. The first-order valence-electron chi connectivity index (χ1n) is 6.75. The van der Waals surface area contributed by atoms with E-state index in [1.165, 1.54) is 20.9 Å². The number of amides is 1. The normalized spacial score (nSPS) is 13.5. The van der Waals surface area contributed by atoms with Gasteiger partial charge in [0.2, 0.25) is 0 Å². The molecule has 1 amide bonds. The van der Waals surface area contributed by atoms with Gasteiger partial charge in [0.15, 0.2) is 0 Å². The van der Waals surface area contributed by atoms with Crippen LogP contribution in [0.1, 0.15) is 26.4 Å². The van der Waals surface area contributed by atoms with Gasteiger partial charge in [0.25, 0.3) is 5.91 Å². The van der Waals surface area contributed by atoms with Gasteiger partial charge in [0.1, 0.15) is 0 Å². The first-order chi connectivity index (χ1) is 10.1. The number of thioether (sulfide) groups is 1. The van der Waals surface area contributed by atoms with Crippen LogP contribution < -0.4 is 5.32 Å². The molecule has 1 N–H and O–H groups in total. The van der Waals surface area contributed by atoms with E-state index in [1.54, 1.807) is 35.5 Å². The molecule has 3 nitrogen and oxygen atoms in total. The van der Waals surface area contributed by atoms with E-state index < -0.39 is 0 Å². The van der Waals surface area contributed by atoms with Gasteiger partial charge in [-0.25, -0.2) is 0 Å². The van der Waals surface area contributed by atoms with E-state index in [0.717, 1.165) is 16.2 Å². The van der Waals surface area contributed by atoms with Gasteiger partial charge < -0.3 is 5.32 Å². The Bertz CT molecular complexity index is 705. The molecule has 0 atom stereocenters. The minimum Gasteiger partial charge on any atom is -0.347 e. The van der Waals surface area contributed by atoms with Crippen molar-refractivity contribution < 1.29 is 4.79 Å². The molecule has 3 rings (SSSR count). The van der Waals surface area contributed by atoms with E-state index in [4.69, 9.17) is 0 Å². The Balaban J connectivity index is 1.71. The molecule has 0 radical (unpaired) electrons. The smallest absolute Gasteiger partial charge is 0.258 e. The summed E-state index contributed by atoms with van der Waals surface area (Å²) < 4.78 is 0. The summed E-state index contributed by atoms with van der Waals surface area (Å²) in [5.41, 5.74) is 3.76. The Morgan fingerprint density at radius 3 is 3.05 bits per heavy atom. The molecule has 0 spiro atoms. The van der Waals surface area contributed by atoms with Crippen molar-refractivity contribution in [2.75, 3.05) is 0 Å². The van der Waals surface area contributed by atoms with Gasteiger partial charge in [0, 0.05) is 34.4 Å². The van der Waals surface area contributed by atoms with Gasteiger partial charge in [0.05, 0.1) is 4.91 Å². The largest absolute Gasteiger partial charge is 0.347 e. The van der Waals surface area contributed by atoms with E-state index in [1.807, 2.05) is 18.2 Å². The highest BCUT2D eigenvalue weighted by molar-refractivity contribution is 8.03. The molecule has 0 saturated carbocycles. The number of rotatable bonds is 3. The van der Waals surface area contributed by atoms with Crippen LogP contribution in [-0.4, -0.2) is 10.9 Å². The van der Waals surface area contributed by atoms with Gasteiger partial charge >= 0.3 is 0 Å². The molecule has 0 unspecified atom stereocenters. The van der Waals surface area contributed by atoms with Crippen molar-refractivity contribution in [1.82, 2.24) is 10.3 Å². The average Bonchev–Trinajstić information content (AvgIpc) is 2.80. The van der Waals surface area contributed by atoms with Crippen LogP contribution in [0.5, 0.6) is 0 Å². The lowest BCUT2D eigenvalue weighted by Crippen LogP contribution is -2.24. The van der Waals surface area contributed by atoms with Crippen LogP contribution in [0.2, 0.25) is 0 Å². The maximum atomic E-state index is 12.3. The van der Waals surface area contributed by atoms with Crippen LogP contribution in [0.25, 0.3) is 6.08 Å². The maximum absolute atomic E-state index is 12.3. The zero-order chi connectivity index (χ0) is 14.8. The van der Waals surface area contributed by atoms with Gasteiger partial charge in [-0.2, -0.15) is 0 Å². The van der Waals surface area contributed by atoms with Crippen LogP contribution in [0.15, 0.2) is 29.4 Å². The van der Waals surface area contributed by atoms with Crippen LogP contribution >= 0.6 is 23.1 Å². The van der Waals surface area contributed by atoms with Crippen LogP contribution in [-0.2, 0) is 17.1 Å². The number of nitrogens with zero attached hydrogens (tertiary/aromatic N) is 1. The number of aromatic nitrogens is 1. The van der Waals surface area contributed by atoms with Gasteiger partial charge in [-0.15, -0.1) is 23.1 Å². The Hall–Kier alpha value is -1.59. The predicted molar refractivity (Wildman–Crippen MR) is 89.1 cm³/mol. The van der Waals surface area contributed by atoms with E-state index in [2.05, 4.69) is 24.1 Å². The number of fused-ring (bicyclic) bond motifs is 1. The van der Waals surface area contributed by atoms with Crippen LogP contribution in [0, 0.1) is 13.8 Å². The third kappa shape index (κ3) is 3.04. The molecule has 5 heteroatoms. The maximum Gasteiger partial charge on any atom is 0.258 e. The quantitative estimate of drug-likeness (QED) is 0.939. The monoisotopic (exact) mass is 316 g/mol. The van der Waals surface area contributed by atoms with Gasteiger partial charge in [-0.1, -0.05) is 6.07 Å². The zero-order valence-electron chi connectivity index (χ0n) is 12.0. The third-order valence-electron chi connectivity index (χ3n) is 3.58. The molecule has 108 valence electrons. The second-order valence-corrected chi connectivity index (χ2v) is 7.24. The molecule has 1 aliphatic rings. The number of nitrogens with one attached hydrogen (secondary N) is 1. The first kappa shape index (κ1) is 14.4. The van der Waals surface area contributed by atoms with Gasteiger partial charge in [-0.3, -0.25) is 9.78 Å². The third-order valence-corrected chi connectivity index (χ3v) is 5.82. The Morgan fingerprint density at radius 1 is 1.43 bits per heavy atom. The summed E-state index contributed by atoms with van der Waals surface area (Å²) in [5, 5.41) is 2.96. The number of thiophene rings is 1. The van der Waals surface area contributed by atoms with Crippen LogP contribution in [0.4, 0.5) is 0 Å². The molecular weight excluding hydrogens is 300 g/mol. The summed E-state index contributed by atoms with van der Waals surface area (Å²) in [6, 6.07) is 3.83. The highest BCUT2D eigenvalue weighted by Gasteiger charge is 2.20. The highest BCUT2D eigenvalue weighted by Crippen LogP contribution is 2.39. The molecule has 0 fully saturated rings. The number of carbonyl (C=O) groups is 1. The number of carbonyl (C=O) groups excluding carboxylic acids is 1. The molecule has 0 aliphatic carbocycles. The number of pyridine rings is 1. The summed E-state index contributed by atoms with van der Waals surface area (Å²) in [6.45, 7) is 4.81. The number of aryl methyl sites for hydroxylation is 1. The molecule has 0 bridgehead atoms. The van der Waals surface area contributed by atoms with E-state index in [0.29, 0.717) is 6.54 Å². The van der Waals surface area contributed by atoms with E-state index in [9.17, 15) is 4.79 Å². The minimum absolute atomic E-state index is 0.00166. The molecular formula is C16H16N2OS2. The molecule has 3 heterocycles. The first-order valence-corrected chi connectivity index (χ1v) is 8.56. The van der Waals surface area contributed by atoms with Crippen molar-refractivity contribution in [1.29, 1.82) is 0 Å². The van der Waals surface area contributed by atoms with Crippen molar-refractivity contribution >= 4 is 35.1 Å². The Labute approximate surface area is 132 Å². The van der Waals surface area contributed by atoms with Crippen molar-refractivity contribution in [2.45, 2.75) is 26.1 Å². The summed E-state index contributed by atoms with van der Waals surface area (Å²) in [4.78, 5) is 19.7. The van der Waals surface area contributed by atoms with E-state index in [-0.39, 0.29) is 5.91 Å². The SMILES string of the molecule is Cc1sc2c(c1C)CSC(C(=O)NCc1cccnc1)=C2. The average molecular weight is 316 g/mol. The number of hydrogen-bond donors (Lipinski definition) is 1. The zero-order valence-corrected chi connectivity index (χ0v) is 13.6. The summed E-state index contributed by atoms with van der Waals surface area (Å²) in [7, 11) is 0. The molecule has 21 heavy (non-hydrogen) atoms. The van der Waals surface area contributed by atoms with Crippen LogP contribution in [0.3, 0.4) is 0 Å². The molecule has 0 aromatic carbocycles. The highest BCUT2D eigenvalue weighted by atomic mass is 32.2. The van der Waals surface area contributed by atoms with Crippen molar-refractivity contribution in [3.8, 4) is 0 Å². The molecule has 2 aromatic rings. The van der Waals surface area contributed by atoms with Crippen molar-refractivity contribution in [3.63, 3.8) is 0 Å². The summed E-state index contributed by atoms with van der Waals surface area (Å²) in [6.07, 6.45) is 5.52. The standard InChI is InChI=1S/C16H16N2OS2/c1-10-11(2)21-14-6-15(20-9-13(10)14)16(19)18-8-12-4-3-5-17-7-12/h3-7H,8-9H2,1-2H3,(H,18,19). The lowest BCUT2D eigenvalue weighted by molar-refractivity contribution is -0.116. The fourth-order valence-corrected chi connectivity index (χ4v) is 4.58. The number of hydrogen-bond acceptors (Lipinski definition) is 4.